The fourth-order valence-electron chi connectivity index (χ4n) is 3.34. The van der Waals surface area contributed by atoms with Crippen molar-refractivity contribution in [2.75, 3.05) is 30.8 Å². The zero-order chi connectivity index (χ0) is 19.4. The number of fused-ring (bicyclic) bond motifs is 1. The molecule has 0 fully saturated rings. The van der Waals surface area contributed by atoms with Crippen molar-refractivity contribution in [3.63, 3.8) is 0 Å². The summed E-state index contributed by atoms with van der Waals surface area (Å²) in [6, 6.07) is 14.1. The van der Waals surface area contributed by atoms with Crippen LogP contribution in [0.2, 0.25) is 0 Å². The predicted molar refractivity (Wildman–Crippen MR) is 104 cm³/mol. The van der Waals surface area contributed by atoms with E-state index in [1.807, 2.05) is 24.3 Å². The van der Waals surface area contributed by atoms with E-state index in [1.54, 1.807) is 23.1 Å². The van der Waals surface area contributed by atoms with Crippen LogP contribution >= 0.6 is 0 Å². The number of benzene rings is 2. The molecule has 2 aromatic carbocycles. The molecule has 2 aromatic rings. The van der Waals surface area contributed by atoms with E-state index in [9.17, 15) is 17.6 Å². The summed E-state index contributed by atoms with van der Waals surface area (Å²) in [6.45, 7) is 0.848. The average molecular weight is 390 g/mol. The molecule has 3 rings (SSSR count). The lowest BCUT2D eigenvalue weighted by Gasteiger charge is -2.22. The number of sulfonamides is 1. The zero-order valence-corrected chi connectivity index (χ0v) is 16.1. The van der Waals surface area contributed by atoms with Crippen molar-refractivity contribution in [1.82, 2.24) is 4.31 Å². The van der Waals surface area contributed by atoms with Gasteiger partial charge in [-0.05, 0) is 36.1 Å². The lowest BCUT2D eigenvalue weighted by Crippen LogP contribution is -2.37. The highest BCUT2D eigenvalue weighted by molar-refractivity contribution is 7.88. The van der Waals surface area contributed by atoms with E-state index in [1.165, 1.54) is 10.4 Å². The molecule has 0 bridgehead atoms. The van der Waals surface area contributed by atoms with Gasteiger partial charge in [-0.3, -0.25) is 4.79 Å². The molecular formula is C20H23FN2O3S. The summed E-state index contributed by atoms with van der Waals surface area (Å²) in [5.74, 6) is -0.449. The molecule has 0 saturated carbocycles. The third kappa shape index (κ3) is 4.73. The maximum Gasteiger partial charge on any atom is 0.228 e. The summed E-state index contributed by atoms with van der Waals surface area (Å²) in [5.41, 5.74) is 2.50. The monoisotopic (exact) mass is 390 g/mol. The molecule has 1 aliphatic heterocycles. The Morgan fingerprint density at radius 1 is 1.11 bits per heavy atom. The predicted octanol–water partition coefficient (Wildman–Crippen LogP) is 2.61. The van der Waals surface area contributed by atoms with Gasteiger partial charge < -0.3 is 4.90 Å². The Morgan fingerprint density at radius 2 is 1.81 bits per heavy atom. The number of anilines is 1. The third-order valence-corrected chi connectivity index (χ3v) is 6.12. The molecule has 0 unspecified atom stereocenters. The van der Waals surface area contributed by atoms with Gasteiger partial charge >= 0.3 is 0 Å². The number of hydrogen-bond donors (Lipinski definition) is 0. The van der Waals surface area contributed by atoms with Gasteiger partial charge in [0.1, 0.15) is 5.82 Å². The van der Waals surface area contributed by atoms with Gasteiger partial charge in [-0.25, -0.2) is 17.1 Å². The minimum absolute atomic E-state index is 0.0881. The summed E-state index contributed by atoms with van der Waals surface area (Å²) in [4.78, 5) is 14.3. The Balaban J connectivity index is 1.62. The largest absolute Gasteiger partial charge is 0.312 e. The second kappa shape index (κ2) is 8.19. The Morgan fingerprint density at radius 3 is 2.56 bits per heavy atom. The topological polar surface area (TPSA) is 57.7 Å². The maximum atomic E-state index is 13.8. The molecule has 7 heteroatoms. The number of nitrogens with zero attached hydrogens (tertiary/aromatic N) is 2. The number of carbonyl (C=O) groups excluding carboxylic acids is 1. The van der Waals surface area contributed by atoms with Crippen LogP contribution in [0.15, 0.2) is 48.5 Å². The fraction of sp³-hybridized carbons (Fsp3) is 0.350. The van der Waals surface area contributed by atoms with Crippen LogP contribution in [0, 0.1) is 5.82 Å². The first kappa shape index (κ1) is 19.5. The molecule has 1 aliphatic rings. The van der Waals surface area contributed by atoms with E-state index < -0.39 is 10.0 Å². The third-order valence-electron chi connectivity index (χ3n) is 4.82. The SMILES string of the molecule is CS(=O)(=O)N(CCC(=O)N1CCc2ccccc21)CCc1ccccc1F. The average Bonchev–Trinajstić information content (AvgIpc) is 3.06. The molecule has 1 amide bonds. The van der Waals surface area contributed by atoms with Gasteiger partial charge in [0.25, 0.3) is 0 Å². The van der Waals surface area contributed by atoms with Crippen LogP contribution in [0.5, 0.6) is 0 Å². The van der Waals surface area contributed by atoms with Gasteiger partial charge in [0, 0.05) is 31.7 Å². The fourth-order valence-corrected chi connectivity index (χ4v) is 4.19. The lowest BCUT2D eigenvalue weighted by atomic mass is 10.1. The number of halogens is 1. The van der Waals surface area contributed by atoms with E-state index in [2.05, 4.69) is 0 Å². The number of rotatable bonds is 7. The zero-order valence-electron chi connectivity index (χ0n) is 15.3. The van der Waals surface area contributed by atoms with E-state index in [-0.39, 0.29) is 37.7 Å². The van der Waals surface area contributed by atoms with Crippen molar-refractivity contribution in [2.24, 2.45) is 0 Å². The van der Waals surface area contributed by atoms with Gasteiger partial charge in [-0.15, -0.1) is 0 Å². The lowest BCUT2D eigenvalue weighted by molar-refractivity contribution is -0.118. The number of para-hydroxylation sites is 1. The molecule has 0 aromatic heterocycles. The van der Waals surface area contributed by atoms with Crippen LogP contribution in [0.25, 0.3) is 0 Å². The van der Waals surface area contributed by atoms with Crippen molar-refractivity contribution in [3.8, 4) is 0 Å². The first-order chi connectivity index (χ1) is 12.9. The minimum atomic E-state index is -3.49. The Bertz CT molecular complexity index is 930. The van der Waals surface area contributed by atoms with Crippen molar-refractivity contribution in [3.05, 3.63) is 65.5 Å². The highest BCUT2D eigenvalue weighted by Gasteiger charge is 2.25. The van der Waals surface area contributed by atoms with Crippen LogP contribution < -0.4 is 4.90 Å². The van der Waals surface area contributed by atoms with E-state index in [0.29, 0.717) is 12.1 Å². The maximum absolute atomic E-state index is 13.8. The van der Waals surface area contributed by atoms with Crippen LogP contribution in [0.4, 0.5) is 10.1 Å². The number of hydrogen-bond acceptors (Lipinski definition) is 3. The second-order valence-corrected chi connectivity index (χ2v) is 8.66. The highest BCUT2D eigenvalue weighted by Crippen LogP contribution is 2.27. The second-order valence-electron chi connectivity index (χ2n) is 6.68. The molecule has 0 spiro atoms. The molecule has 0 atom stereocenters. The van der Waals surface area contributed by atoms with E-state index in [4.69, 9.17) is 0 Å². The quantitative estimate of drug-likeness (QED) is 0.730. The van der Waals surface area contributed by atoms with Crippen LogP contribution in [-0.4, -0.2) is 44.5 Å². The van der Waals surface area contributed by atoms with Crippen molar-refractivity contribution in [2.45, 2.75) is 19.3 Å². The smallest absolute Gasteiger partial charge is 0.228 e. The van der Waals surface area contributed by atoms with Gasteiger partial charge in [-0.2, -0.15) is 0 Å². The van der Waals surface area contributed by atoms with Gasteiger partial charge in [0.15, 0.2) is 0 Å². The van der Waals surface area contributed by atoms with Crippen molar-refractivity contribution >= 4 is 21.6 Å². The summed E-state index contributed by atoms with van der Waals surface area (Å²) in [5, 5.41) is 0. The summed E-state index contributed by atoms with van der Waals surface area (Å²) in [7, 11) is -3.49. The van der Waals surface area contributed by atoms with Gasteiger partial charge in [0.05, 0.1) is 6.26 Å². The molecule has 0 N–H and O–H groups in total. The van der Waals surface area contributed by atoms with Crippen LogP contribution in [-0.2, 0) is 27.7 Å². The molecule has 1 heterocycles. The molecule has 0 aliphatic carbocycles. The summed E-state index contributed by atoms with van der Waals surface area (Å²) < 4.78 is 39.2. The standard InChI is InChI=1S/C20H23FN2O3S/c1-27(25,26)22(13-10-16-6-2-4-8-18(16)21)14-12-20(24)23-15-11-17-7-3-5-9-19(17)23/h2-9H,10-15H2,1H3. The van der Waals surface area contributed by atoms with Gasteiger partial charge in [-0.1, -0.05) is 36.4 Å². The van der Waals surface area contributed by atoms with Gasteiger partial charge in [0.2, 0.25) is 15.9 Å². The Labute approximate surface area is 159 Å². The molecule has 5 nitrogen and oxygen atoms in total. The first-order valence-electron chi connectivity index (χ1n) is 8.93. The van der Waals surface area contributed by atoms with Crippen LogP contribution in [0.1, 0.15) is 17.5 Å². The summed E-state index contributed by atoms with van der Waals surface area (Å²) >= 11 is 0. The highest BCUT2D eigenvalue weighted by atomic mass is 32.2. The van der Waals surface area contributed by atoms with E-state index >= 15 is 0 Å². The van der Waals surface area contributed by atoms with Crippen molar-refractivity contribution < 1.29 is 17.6 Å². The van der Waals surface area contributed by atoms with E-state index in [0.717, 1.165) is 23.9 Å². The Kier molecular flexibility index (Phi) is 5.92. The van der Waals surface area contributed by atoms with Crippen molar-refractivity contribution in [1.29, 1.82) is 0 Å². The number of amides is 1. The number of carbonyl (C=O) groups is 1. The summed E-state index contributed by atoms with van der Waals surface area (Å²) in [6.07, 6.45) is 2.29. The molecule has 27 heavy (non-hydrogen) atoms. The minimum Gasteiger partial charge on any atom is -0.312 e. The molecule has 0 radical (unpaired) electrons. The molecule has 144 valence electrons. The first-order valence-corrected chi connectivity index (χ1v) is 10.8. The van der Waals surface area contributed by atoms with Crippen LogP contribution in [0.3, 0.4) is 0 Å². The molecular weight excluding hydrogens is 367 g/mol. The normalized spacial score (nSPS) is 13.8. The molecule has 0 saturated heterocycles. The Hall–Kier alpha value is -2.25.